The van der Waals surface area contributed by atoms with Crippen LogP contribution in [-0.2, 0) is 12.7 Å². The molecule has 2 amide bonds. The van der Waals surface area contributed by atoms with Crippen LogP contribution in [0.3, 0.4) is 0 Å². The van der Waals surface area contributed by atoms with Crippen LogP contribution in [0.1, 0.15) is 29.0 Å². The summed E-state index contributed by atoms with van der Waals surface area (Å²) in [6.07, 6.45) is -4.06. The van der Waals surface area contributed by atoms with Gasteiger partial charge in [-0.25, -0.2) is 9.18 Å². The number of halogens is 6. The summed E-state index contributed by atoms with van der Waals surface area (Å²) in [5.74, 6) is -1.45. The van der Waals surface area contributed by atoms with Crippen LogP contribution in [0.15, 0.2) is 36.4 Å². The second-order valence-electron chi connectivity index (χ2n) is 10.2. The first kappa shape index (κ1) is 29.9. The van der Waals surface area contributed by atoms with E-state index in [2.05, 4.69) is 4.90 Å². The second-order valence-corrected chi connectivity index (χ2v) is 11.0. The van der Waals surface area contributed by atoms with Gasteiger partial charge in [0, 0.05) is 70.9 Å². The predicted molar refractivity (Wildman–Crippen MR) is 143 cm³/mol. The van der Waals surface area contributed by atoms with Crippen molar-refractivity contribution in [3.05, 3.63) is 69.0 Å². The number of likely N-dealkylation sites (N-methyl/N-ethyl adjacent to an activating group) is 1. The molecule has 2 aliphatic rings. The molecule has 2 unspecified atom stereocenters. The number of nitrogens with zero attached hydrogens (tertiary/aromatic N) is 4. The van der Waals surface area contributed by atoms with Crippen LogP contribution in [0.5, 0.6) is 0 Å². The lowest BCUT2D eigenvalue weighted by Gasteiger charge is -2.36. The van der Waals surface area contributed by atoms with Gasteiger partial charge in [0.2, 0.25) is 0 Å². The van der Waals surface area contributed by atoms with Crippen LogP contribution in [0, 0.1) is 5.82 Å². The van der Waals surface area contributed by atoms with Gasteiger partial charge in [0.05, 0.1) is 15.6 Å². The summed E-state index contributed by atoms with van der Waals surface area (Å²) in [5, 5.41) is 9.88. The largest absolute Gasteiger partial charge is 0.419 e. The third-order valence-corrected chi connectivity index (χ3v) is 8.28. The van der Waals surface area contributed by atoms with Gasteiger partial charge in [-0.2, -0.15) is 13.2 Å². The second kappa shape index (κ2) is 12.6. The van der Waals surface area contributed by atoms with E-state index in [-0.39, 0.29) is 31.1 Å². The molecular weight excluding hydrogens is 559 g/mol. The standard InChI is InChI=1S/C27H32Cl2F4N4O2/c1-34(15-18-3-5-21(24(30)13-18)27(31,32)33)25-17-37(16-20(25)19-4-6-22(28)23(29)14-19)26(39)36-10-8-35(9-11-36)7-2-12-38/h3-6,13-14,20,25,38H,2,7-12,15-17H2,1H3. The van der Waals surface area contributed by atoms with Gasteiger partial charge in [0.1, 0.15) is 5.82 Å². The smallest absolute Gasteiger partial charge is 0.396 e. The molecule has 0 bridgehead atoms. The van der Waals surface area contributed by atoms with E-state index in [1.54, 1.807) is 17.0 Å². The highest BCUT2D eigenvalue weighted by Crippen LogP contribution is 2.36. The molecule has 2 heterocycles. The monoisotopic (exact) mass is 590 g/mol. The first-order chi connectivity index (χ1) is 18.5. The highest BCUT2D eigenvalue weighted by molar-refractivity contribution is 6.42. The van der Waals surface area contributed by atoms with Crippen LogP contribution in [0.2, 0.25) is 10.0 Å². The lowest BCUT2D eigenvalue weighted by Crippen LogP contribution is -2.52. The molecule has 0 spiro atoms. The van der Waals surface area contributed by atoms with Gasteiger partial charge >= 0.3 is 12.2 Å². The Morgan fingerprint density at radius 3 is 2.36 bits per heavy atom. The molecule has 2 aliphatic heterocycles. The van der Waals surface area contributed by atoms with Gasteiger partial charge in [-0.3, -0.25) is 9.80 Å². The summed E-state index contributed by atoms with van der Waals surface area (Å²) in [6.45, 7) is 4.59. The molecule has 2 atom stereocenters. The predicted octanol–water partition coefficient (Wildman–Crippen LogP) is 5.17. The molecule has 1 N–H and O–H groups in total. The van der Waals surface area contributed by atoms with E-state index in [1.165, 1.54) is 6.07 Å². The fourth-order valence-electron chi connectivity index (χ4n) is 5.41. The van der Waals surface area contributed by atoms with Gasteiger partial charge in [-0.1, -0.05) is 35.3 Å². The van der Waals surface area contributed by atoms with Crippen molar-refractivity contribution in [3.63, 3.8) is 0 Å². The molecule has 0 saturated carbocycles. The molecule has 0 aromatic heterocycles. The van der Waals surface area contributed by atoms with Crippen molar-refractivity contribution in [2.24, 2.45) is 0 Å². The Labute approximate surface area is 235 Å². The number of aliphatic hydroxyl groups is 1. The number of piperazine rings is 1. The van der Waals surface area contributed by atoms with Crippen LogP contribution in [0.4, 0.5) is 22.4 Å². The molecule has 2 aromatic carbocycles. The average molecular weight is 591 g/mol. The number of urea groups is 1. The highest BCUT2D eigenvalue weighted by Gasteiger charge is 2.40. The molecular formula is C27H32Cl2F4N4O2. The number of amides is 2. The molecule has 2 fully saturated rings. The Balaban J connectivity index is 1.51. The Hall–Kier alpha value is -2.11. The van der Waals surface area contributed by atoms with E-state index < -0.39 is 17.6 Å². The minimum Gasteiger partial charge on any atom is -0.396 e. The fraction of sp³-hybridized carbons (Fsp3) is 0.519. The molecule has 12 heteroatoms. The zero-order valence-electron chi connectivity index (χ0n) is 21.6. The van der Waals surface area contributed by atoms with E-state index in [0.717, 1.165) is 37.3 Å². The molecule has 2 saturated heterocycles. The Morgan fingerprint density at radius 1 is 1.03 bits per heavy atom. The summed E-state index contributed by atoms with van der Waals surface area (Å²) in [7, 11) is 1.82. The number of alkyl halides is 3. The summed E-state index contributed by atoms with van der Waals surface area (Å²) in [4.78, 5) is 21.3. The third kappa shape index (κ3) is 7.16. The maximum atomic E-state index is 14.2. The normalized spacial score (nSPS) is 20.7. The van der Waals surface area contributed by atoms with E-state index in [4.69, 9.17) is 28.3 Å². The number of likely N-dealkylation sites (tertiary alicyclic amines) is 1. The van der Waals surface area contributed by atoms with Crippen molar-refractivity contribution >= 4 is 29.2 Å². The van der Waals surface area contributed by atoms with Crippen molar-refractivity contribution in [1.29, 1.82) is 0 Å². The van der Waals surface area contributed by atoms with Crippen molar-refractivity contribution in [2.75, 3.05) is 59.5 Å². The minimum atomic E-state index is -4.76. The molecule has 4 rings (SSSR count). The number of aliphatic hydroxyl groups excluding tert-OH is 1. The summed E-state index contributed by atoms with van der Waals surface area (Å²) >= 11 is 12.4. The van der Waals surface area contributed by atoms with Crippen LogP contribution in [-0.4, -0.2) is 96.2 Å². The molecule has 214 valence electrons. The van der Waals surface area contributed by atoms with Gasteiger partial charge in [0.15, 0.2) is 0 Å². The average Bonchev–Trinajstić information content (AvgIpc) is 3.34. The van der Waals surface area contributed by atoms with Crippen molar-refractivity contribution < 1.29 is 27.5 Å². The number of hydrogen-bond acceptors (Lipinski definition) is 4. The SMILES string of the molecule is CN(Cc1ccc(C(F)(F)F)c(F)c1)C1CN(C(=O)N2CCN(CCCO)CC2)CC1c1ccc(Cl)c(Cl)c1. The molecule has 2 aromatic rings. The number of rotatable bonds is 7. The van der Waals surface area contributed by atoms with E-state index in [1.807, 2.05) is 22.9 Å². The molecule has 0 radical (unpaired) electrons. The maximum Gasteiger partial charge on any atom is 0.419 e. The highest BCUT2D eigenvalue weighted by atomic mass is 35.5. The van der Waals surface area contributed by atoms with Gasteiger partial charge < -0.3 is 14.9 Å². The number of carbonyl (C=O) groups is 1. The van der Waals surface area contributed by atoms with Crippen LogP contribution in [0.25, 0.3) is 0 Å². The first-order valence-corrected chi connectivity index (χ1v) is 13.6. The van der Waals surface area contributed by atoms with Gasteiger partial charge in [0.25, 0.3) is 0 Å². The lowest BCUT2D eigenvalue weighted by molar-refractivity contribution is -0.140. The Bertz CT molecular complexity index is 1160. The lowest BCUT2D eigenvalue weighted by atomic mass is 9.93. The topological polar surface area (TPSA) is 50.3 Å². The minimum absolute atomic E-state index is 0.0710. The fourth-order valence-corrected chi connectivity index (χ4v) is 5.72. The third-order valence-electron chi connectivity index (χ3n) is 7.54. The molecule has 6 nitrogen and oxygen atoms in total. The number of benzene rings is 2. The zero-order valence-corrected chi connectivity index (χ0v) is 23.1. The summed E-state index contributed by atoms with van der Waals surface area (Å²) in [5.41, 5.74) is 0.000297. The zero-order chi connectivity index (χ0) is 28.3. The van der Waals surface area contributed by atoms with E-state index in [0.29, 0.717) is 48.2 Å². The number of hydrogen-bond donors (Lipinski definition) is 1. The Morgan fingerprint density at radius 2 is 1.74 bits per heavy atom. The van der Waals surface area contributed by atoms with Crippen molar-refractivity contribution in [2.45, 2.75) is 31.1 Å². The van der Waals surface area contributed by atoms with Crippen molar-refractivity contribution in [1.82, 2.24) is 19.6 Å². The first-order valence-electron chi connectivity index (χ1n) is 12.9. The summed E-state index contributed by atoms with van der Waals surface area (Å²) in [6, 6.07) is 8.05. The van der Waals surface area contributed by atoms with Gasteiger partial charge in [-0.15, -0.1) is 0 Å². The maximum absolute atomic E-state index is 14.2. The number of carbonyl (C=O) groups excluding carboxylic acids is 1. The van der Waals surface area contributed by atoms with E-state index in [9.17, 15) is 22.4 Å². The Kier molecular flexibility index (Phi) is 9.65. The van der Waals surface area contributed by atoms with Crippen molar-refractivity contribution in [3.8, 4) is 0 Å². The molecule has 39 heavy (non-hydrogen) atoms. The van der Waals surface area contributed by atoms with E-state index >= 15 is 0 Å². The quantitative estimate of drug-likeness (QED) is 0.452. The summed E-state index contributed by atoms with van der Waals surface area (Å²) < 4.78 is 53.3. The molecule has 0 aliphatic carbocycles. The van der Waals surface area contributed by atoms with Crippen LogP contribution >= 0.6 is 23.2 Å². The van der Waals surface area contributed by atoms with Crippen LogP contribution < -0.4 is 0 Å². The van der Waals surface area contributed by atoms with Gasteiger partial charge in [-0.05, 0) is 48.9 Å².